The second kappa shape index (κ2) is 4.87. The quantitative estimate of drug-likeness (QED) is 0.908. The Balaban J connectivity index is 2.29. The Kier molecular flexibility index (Phi) is 3.47. The monoisotopic (exact) mass is 261 g/mol. The fourth-order valence-electron chi connectivity index (χ4n) is 1.87. The van der Waals surface area contributed by atoms with E-state index in [1.54, 1.807) is 6.07 Å². The molecule has 1 unspecified atom stereocenters. The first-order valence-electron chi connectivity index (χ1n) is 5.07. The van der Waals surface area contributed by atoms with Crippen LogP contribution < -0.4 is 10.1 Å². The van der Waals surface area contributed by atoms with Crippen molar-refractivity contribution in [2.75, 3.05) is 6.54 Å². The van der Waals surface area contributed by atoms with Gasteiger partial charge in [-0.2, -0.15) is 8.78 Å². The van der Waals surface area contributed by atoms with Crippen molar-refractivity contribution in [3.8, 4) is 5.75 Å². The van der Waals surface area contributed by atoms with Crippen LogP contribution in [0.1, 0.15) is 17.9 Å². The summed E-state index contributed by atoms with van der Waals surface area (Å²) < 4.78 is 28.9. The summed E-state index contributed by atoms with van der Waals surface area (Å²) in [7, 11) is 0. The van der Waals surface area contributed by atoms with Gasteiger partial charge in [-0.3, -0.25) is 4.79 Å². The molecule has 1 aliphatic heterocycles. The Labute approximate surface area is 102 Å². The van der Waals surface area contributed by atoms with Gasteiger partial charge in [-0.25, -0.2) is 0 Å². The van der Waals surface area contributed by atoms with Crippen LogP contribution in [0.5, 0.6) is 5.75 Å². The first-order chi connectivity index (χ1) is 8.06. The topological polar surface area (TPSA) is 38.3 Å². The van der Waals surface area contributed by atoms with Gasteiger partial charge in [-0.1, -0.05) is 11.6 Å². The zero-order valence-corrected chi connectivity index (χ0v) is 9.51. The first kappa shape index (κ1) is 12.1. The molecule has 1 N–H and O–H groups in total. The normalized spacial score (nSPS) is 19.5. The summed E-state index contributed by atoms with van der Waals surface area (Å²) in [6.45, 7) is -2.47. The number of carbonyl (C=O) groups is 1. The molecule has 1 aromatic rings. The molecule has 0 aromatic heterocycles. The Morgan fingerprint density at radius 2 is 2.24 bits per heavy atom. The number of hydrogen-bond donors (Lipinski definition) is 1. The molecule has 0 bridgehead atoms. The van der Waals surface area contributed by atoms with E-state index >= 15 is 0 Å². The lowest BCUT2D eigenvalue weighted by Crippen LogP contribution is -2.14. The lowest BCUT2D eigenvalue weighted by atomic mass is 9.97. The largest absolute Gasteiger partial charge is 0.435 e. The van der Waals surface area contributed by atoms with E-state index in [1.807, 2.05) is 0 Å². The molecule has 0 radical (unpaired) electrons. The first-order valence-corrected chi connectivity index (χ1v) is 5.45. The second-order valence-corrected chi connectivity index (χ2v) is 4.20. The van der Waals surface area contributed by atoms with Crippen LogP contribution >= 0.6 is 11.6 Å². The summed E-state index contributed by atoms with van der Waals surface area (Å²) in [5.74, 6) is -0.196. The van der Waals surface area contributed by atoms with Crippen LogP contribution in [0, 0.1) is 0 Å². The fourth-order valence-corrected chi connectivity index (χ4v) is 2.05. The number of carbonyl (C=O) groups excluding carboxylic acids is 1. The molecule has 92 valence electrons. The third-order valence-corrected chi connectivity index (χ3v) is 2.84. The Morgan fingerprint density at radius 3 is 2.82 bits per heavy atom. The molecule has 0 spiro atoms. The Morgan fingerprint density at radius 1 is 1.47 bits per heavy atom. The summed E-state index contributed by atoms with van der Waals surface area (Å²) in [6.07, 6.45) is 0.264. The van der Waals surface area contributed by atoms with Crippen molar-refractivity contribution in [1.29, 1.82) is 0 Å². The number of rotatable bonds is 3. The van der Waals surface area contributed by atoms with Crippen LogP contribution in [0.4, 0.5) is 8.78 Å². The smallest absolute Gasteiger partial charge is 0.387 e. The summed E-state index contributed by atoms with van der Waals surface area (Å²) in [5, 5.41) is 3.07. The number of halogens is 3. The van der Waals surface area contributed by atoms with Crippen molar-refractivity contribution in [1.82, 2.24) is 5.32 Å². The lowest BCUT2D eigenvalue weighted by Gasteiger charge is -2.14. The molecule has 1 aromatic carbocycles. The second-order valence-electron chi connectivity index (χ2n) is 3.77. The van der Waals surface area contributed by atoms with E-state index in [0.29, 0.717) is 17.1 Å². The fraction of sp³-hybridized carbons (Fsp3) is 0.364. The Bertz CT molecular complexity index is 439. The summed E-state index contributed by atoms with van der Waals surface area (Å²) >= 11 is 5.82. The van der Waals surface area contributed by atoms with Crippen LogP contribution in [-0.2, 0) is 4.79 Å². The maximum atomic E-state index is 12.2. The molecule has 1 fully saturated rings. The van der Waals surface area contributed by atoms with Gasteiger partial charge < -0.3 is 10.1 Å². The molecule has 1 saturated heterocycles. The van der Waals surface area contributed by atoms with Crippen molar-refractivity contribution >= 4 is 17.5 Å². The van der Waals surface area contributed by atoms with Crippen LogP contribution in [0.2, 0.25) is 5.02 Å². The predicted octanol–water partition coefficient (Wildman–Crippen LogP) is 2.54. The van der Waals surface area contributed by atoms with E-state index in [4.69, 9.17) is 11.6 Å². The molecular weight excluding hydrogens is 252 g/mol. The minimum absolute atomic E-state index is 0.0749. The zero-order valence-electron chi connectivity index (χ0n) is 8.75. The molecule has 1 aliphatic rings. The average Bonchev–Trinajstić information content (AvgIpc) is 2.67. The molecule has 3 nitrogen and oxygen atoms in total. The van der Waals surface area contributed by atoms with E-state index in [0.717, 1.165) is 0 Å². The Hall–Kier alpha value is -1.36. The van der Waals surface area contributed by atoms with Crippen LogP contribution in [0.15, 0.2) is 18.2 Å². The standard InChI is InChI=1S/C11H10ClF2NO2/c12-7-1-2-9(17-11(13)14)8(4-7)6-3-10(16)15-5-6/h1-2,4,6,11H,3,5H2,(H,15,16). The van der Waals surface area contributed by atoms with Crippen molar-refractivity contribution in [2.24, 2.45) is 0 Å². The minimum atomic E-state index is -2.89. The molecule has 0 saturated carbocycles. The SMILES string of the molecule is O=C1CC(c2cc(Cl)ccc2OC(F)F)CN1. The van der Waals surface area contributed by atoms with Crippen molar-refractivity contribution in [2.45, 2.75) is 19.0 Å². The summed E-state index contributed by atoms with van der Waals surface area (Å²) in [4.78, 5) is 11.1. The van der Waals surface area contributed by atoms with Gasteiger partial charge in [-0.15, -0.1) is 0 Å². The van der Waals surface area contributed by atoms with Gasteiger partial charge in [0.15, 0.2) is 0 Å². The molecule has 17 heavy (non-hydrogen) atoms. The molecule has 1 atom stereocenters. The zero-order chi connectivity index (χ0) is 12.4. The number of amides is 1. The number of ether oxygens (including phenoxy) is 1. The van der Waals surface area contributed by atoms with E-state index in [9.17, 15) is 13.6 Å². The van der Waals surface area contributed by atoms with E-state index in [2.05, 4.69) is 10.1 Å². The molecule has 6 heteroatoms. The molecule has 2 rings (SSSR count). The van der Waals surface area contributed by atoms with Crippen LogP contribution in [0.3, 0.4) is 0 Å². The van der Waals surface area contributed by atoms with Crippen LogP contribution in [0.25, 0.3) is 0 Å². The van der Waals surface area contributed by atoms with Gasteiger partial charge in [0.1, 0.15) is 5.75 Å². The highest BCUT2D eigenvalue weighted by atomic mass is 35.5. The van der Waals surface area contributed by atoms with Crippen molar-refractivity contribution in [3.05, 3.63) is 28.8 Å². The van der Waals surface area contributed by atoms with E-state index < -0.39 is 6.61 Å². The van der Waals surface area contributed by atoms with E-state index in [1.165, 1.54) is 12.1 Å². The van der Waals surface area contributed by atoms with Gasteiger partial charge in [0.2, 0.25) is 5.91 Å². The highest BCUT2D eigenvalue weighted by Gasteiger charge is 2.26. The van der Waals surface area contributed by atoms with Gasteiger partial charge >= 0.3 is 6.61 Å². The number of nitrogens with one attached hydrogen (secondary N) is 1. The third-order valence-electron chi connectivity index (χ3n) is 2.61. The summed E-state index contributed by atoms with van der Waals surface area (Å²) in [6, 6.07) is 4.43. The molecule has 1 heterocycles. The van der Waals surface area contributed by atoms with Gasteiger partial charge in [0.25, 0.3) is 0 Å². The maximum absolute atomic E-state index is 12.2. The molecule has 0 aliphatic carbocycles. The predicted molar refractivity (Wildman–Crippen MR) is 58.5 cm³/mol. The maximum Gasteiger partial charge on any atom is 0.387 e. The van der Waals surface area contributed by atoms with Gasteiger partial charge in [0.05, 0.1) is 0 Å². The van der Waals surface area contributed by atoms with Gasteiger partial charge in [-0.05, 0) is 18.2 Å². The number of alkyl halides is 2. The van der Waals surface area contributed by atoms with E-state index in [-0.39, 0.29) is 24.0 Å². The van der Waals surface area contributed by atoms with Crippen molar-refractivity contribution in [3.63, 3.8) is 0 Å². The average molecular weight is 262 g/mol. The third kappa shape index (κ3) is 2.85. The lowest BCUT2D eigenvalue weighted by molar-refractivity contribution is -0.119. The molecule has 1 amide bonds. The van der Waals surface area contributed by atoms with Crippen molar-refractivity contribution < 1.29 is 18.3 Å². The highest BCUT2D eigenvalue weighted by molar-refractivity contribution is 6.30. The minimum Gasteiger partial charge on any atom is -0.435 e. The van der Waals surface area contributed by atoms with Crippen LogP contribution in [-0.4, -0.2) is 19.1 Å². The number of hydrogen-bond acceptors (Lipinski definition) is 2. The summed E-state index contributed by atoms with van der Waals surface area (Å²) in [5.41, 5.74) is 0.538. The highest BCUT2D eigenvalue weighted by Crippen LogP contribution is 2.34. The number of benzene rings is 1. The van der Waals surface area contributed by atoms with Gasteiger partial charge in [0, 0.05) is 29.5 Å². The molecular formula is C11H10ClF2NO2.